The maximum Gasteiger partial charge on any atom is 0.219 e. The summed E-state index contributed by atoms with van der Waals surface area (Å²) in [5.74, 6) is 1.50. The lowest BCUT2D eigenvalue weighted by Gasteiger charge is -2.36. The number of hydrogen-bond acceptors (Lipinski definition) is 3. The zero-order chi connectivity index (χ0) is 22.5. The number of nitrogens with zero attached hydrogens (tertiary/aromatic N) is 2. The van der Waals surface area contributed by atoms with Crippen LogP contribution in [0.3, 0.4) is 0 Å². The van der Waals surface area contributed by atoms with Crippen LogP contribution in [0.5, 0.6) is 5.75 Å². The number of hydrogen-bond donors (Lipinski definition) is 0. The third-order valence-corrected chi connectivity index (χ3v) is 7.18. The van der Waals surface area contributed by atoms with Crippen molar-refractivity contribution in [3.05, 3.63) is 65.5 Å². The normalized spacial score (nSPS) is 22.1. The maximum absolute atomic E-state index is 13.7. The van der Waals surface area contributed by atoms with Gasteiger partial charge in [0.25, 0.3) is 0 Å². The van der Waals surface area contributed by atoms with E-state index in [1.165, 1.54) is 30.9 Å². The molecule has 2 aromatic carbocycles. The zero-order valence-corrected chi connectivity index (χ0v) is 19.3. The molecular formula is C27H35FN2O2. The van der Waals surface area contributed by atoms with Crippen LogP contribution in [0.15, 0.2) is 48.5 Å². The van der Waals surface area contributed by atoms with Crippen molar-refractivity contribution < 1.29 is 13.9 Å². The van der Waals surface area contributed by atoms with Crippen molar-refractivity contribution in [3.63, 3.8) is 0 Å². The van der Waals surface area contributed by atoms with Gasteiger partial charge in [0.15, 0.2) is 0 Å². The maximum atomic E-state index is 13.7. The molecule has 0 bridgehead atoms. The Balaban J connectivity index is 1.56. The van der Waals surface area contributed by atoms with E-state index in [2.05, 4.69) is 21.9 Å². The van der Waals surface area contributed by atoms with Crippen LogP contribution in [0.25, 0.3) is 0 Å². The van der Waals surface area contributed by atoms with Crippen LogP contribution in [-0.2, 0) is 11.3 Å². The zero-order valence-electron chi connectivity index (χ0n) is 19.3. The van der Waals surface area contributed by atoms with Gasteiger partial charge in [0.2, 0.25) is 5.91 Å². The first-order valence-electron chi connectivity index (χ1n) is 11.9. The lowest BCUT2D eigenvalue weighted by Crippen LogP contribution is -2.44. The Hall–Kier alpha value is -2.40. The number of rotatable bonds is 7. The van der Waals surface area contributed by atoms with Gasteiger partial charge < -0.3 is 9.64 Å². The summed E-state index contributed by atoms with van der Waals surface area (Å²) in [4.78, 5) is 17.2. The Kier molecular flexibility index (Phi) is 7.46. The fourth-order valence-electron chi connectivity index (χ4n) is 5.60. The molecule has 1 aliphatic heterocycles. The van der Waals surface area contributed by atoms with Crippen LogP contribution in [-0.4, -0.2) is 48.5 Å². The van der Waals surface area contributed by atoms with Gasteiger partial charge in [-0.05, 0) is 54.2 Å². The second-order valence-electron chi connectivity index (χ2n) is 9.43. The van der Waals surface area contributed by atoms with Crippen LogP contribution < -0.4 is 4.74 Å². The van der Waals surface area contributed by atoms with Gasteiger partial charge in [0.1, 0.15) is 11.6 Å². The van der Waals surface area contributed by atoms with Gasteiger partial charge >= 0.3 is 0 Å². The lowest BCUT2D eigenvalue weighted by molar-refractivity contribution is -0.132. The van der Waals surface area contributed by atoms with Gasteiger partial charge in [-0.15, -0.1) is 0 Å². The first-order chi connectivity index (χ1) is 15.5. The summed E-state index contributed by atoms with van der Waals surface area (Å²) >= 11 is 0. The Labute approximate surface area is 191 Å². The smallest absolute Gasteiger partial charge is 0.219 e. The first kappa shape index (κ1) is 22.8. The van der Waals surface area contributed by atoms with Gasteiger partial charge in [-0.1, -0.05) is 43.5 Å². The van der Waals surface area contributed by atoms with Crippen molar-refractivity contribution in [2.24, 2.45) is 5.92 Å². The first-order valence-corrected chi connectivity index (χ1v) is 11.9. The molecule has 5 heteroatoms. The summed E-state index contributed by atoms with van der Waals surface area (Å²) in [5.41, 5.74) is 2.24. The molecule has 1 aliphatic carbocycles. The van der Waals surface area contributed by atoms with Gasteiger partial charge in [0.05, 0.1) is 7.11 Å². The molecule has 2 atom stereocenters. The second kappa shape index (κ2) is 10.5. The molecule has 1 amide bonds. The van der Waals surface area contributed by atoms with Gasteiger partial charge in [-0.2, -0.15) is 0 Å². The van der Waals surface area contributed by atoms with Crippen molar-refractivity contribution in [3.8, 4) is 5.75 Å². The standard InChI is InChI=1S/C27H35FN2O2/c1-20(31)30(25-11-4-3-5-12-25)18-23-17-29(16-21-8-6-10-24(28)14-21)19-27(23)22-9-7-13-26(15-22)32-2/h6-10,13-15,23,25,27H,3-5,11-12,16-19H2,1-2H3. The SMILES string of the molecule is COc1cccc(C2CN(Cc3cccc(F)c3)CC2CN(C(C)=O)C2CCCCC2)c1. The van der Waals surface area contributed by atoms with Gasteiger partial charge in [-0.3, -0.25) is 9.69 Å². The molecule has 1 heterocycles. The number of amides is 1. The molecule has 2 aliphatic rings. The molecule has 32 heavy (non-hydrogen) atoms. The van der Waals surface area contributed by atoms with E-state index < -0.39 is 0 Å². The summed E-state index contributed by atoms with van der Waals surface area (Å²) in [5, 5.41) is 0. The number of halogens is 1. The van der Waals surface area contributed by atoms with E-state index in [-0.39, 0.29) is 11.7 Å². The van der Waals surface area contributed by atoms with Crippen LogP contribution >= 0.6 is 0 Å². The third kappa shape index (κ3) is 5.50. The third-order valence-electron chi connectivity index (χ3n) is 7.18. The minimum atomic E-state index is -0.192. The molecule has 4 nitrogen and oxygen atoms in total. The molecule has 2 unspecified atom stereocenters. The van der Waals surface area contributed by atoms with E-state index in [1.807, 2.05) is 18.2 Å². The number of benzene rings is 2. The van der Waals surface area contributed by atoms with Crippen molar-refractivity contribution in [2.75, 3.05) is 26.7 Å². The average Bonchev–Trinajstić information content (AvgIpc) is 3.20. The van der Waals surface area contributed by atoms with E-state index in [4.69, 9.17) is 4.74 Å². The number of carbonyl (C=O) groups excluding carboxylic acids is 1. The van der Waals surface area contributed by atoms with Gasteiger partial charge in [0, 0.05) is 45.1 Å². The summed E-state index contributed by atoms with van der Waals surface area (Å²) in [6.07, 6.45) is 5.93. The molecule has 2 aromatic rings. The molecule has 0 N–H and O–H groups in total. The van der Waals surface area contributed by atoms with E-state index >= 15 is 0 Å². The quantitative estimate of drug-likeness (QED) is 0.593. The van der Waals surface area contributed by atoms with Crippen LogP contribution in [0, 0.1) is 11.7 Å². The van der Waals surface area contributed by atoms with E-state index in [1.54, 1.807) is 26.2 Å². The Bertz CT molecular complexity index is 912. The van der Waals surface area contributed by atoms with Gasteiger partial charge in [-0.25, -0.2) is 4.39 Å². The van der Waals surface area contributed by atoms with E-state index in [0.717, 1.165) is 50.3 Å². The molecular weight excluding hydrogens is 403 g/mol. The number of likely N-dealkylation sites (tertiary alicyclic amines) is 1. The highest BCUT2D eigenvalue weighted by Gasteiger charge is 2.37. The van der Waals surface area contributed by atoms with Crippen LogP contribution in [0.2, 0.25) is 0 Å². The van der Waals surface area contributed by atoms with Crippen molar-refractivity contribution in [2.45, 2.75) is 57.5 Å². The predicted octanol–water partition coefficient (Wildman–Crippen LogP) is 5.23. The van der Waals surface area contributed by atoms with E-state index in [9.17, 15) is 9.18 Å². The monoisotopic (exact) mass is 438 g/mol. The molecule has 1 saturated heterocycles. The summed E-state index contributed by atoms with van der Waals surface area (Å²) in [6, 6.07) is 15.6. The van der Waals surface area contributed by atoms with E-state index in [0.29, 0.717) is 17.9 Å². The van der Waals surface area contributed by atoms with Crippen molar-refractivity contribution in [1.82, 2.24) is 9.80 Å². The Morgan fingerprint density at radius 3 is 2.59 bits per heavy atom. The fourth-order valence-corrected chi connectivity index (χ4v) is 5.60. The summed E-state index contributed by atoms with van der Waals surface area (Å²) < 4.78 is 19.2. The largest absolute Gasteiger partial charge is 0.497 e. The molecule has 4 rings (SSSR count). The summed E-state index contributed by atoms with van der Waals surface area (Å²) in [6.45, 7) is 5.01. The van der Waals surface area contributed by atoms with Crippen molar-refractivity contribution in [1.29, 1.82) is 0 Å². The number of ether oxygens (including phenoxy) is 1. The molecule has 172 valence electrons. The Morgan fingerprint density at radius 1 is 1.09 bits per heavy atom. The molecule has 1 saturated carbocycles. The minimum Gasteiger partial charge on any atom is -0.497 e. The molecule has 0 radical (unpaired) electrons. The topological polar surface area (TPSA) is 32.8 Å². The molecule has 0 aromatic heterocycles. The number of carbonyl (C=O) groups is 1. The highest BCUT2D eigenvalue weighted by atomic mass is 19.1. The van der Waals surface area contributed by atoms with Crippen LogP contribution in [0.1, 0.15) is 56.1 Å². The molecule has 2 fully saturated rings. The Morgan fingerprint density at radius 2 is 1.88 bits per heavy atom. The average molecular weight is 439 g/mol. The highest BCUT2D eigenvalue weighted by Crippen LogP contribution is 2.36. The fraction of sp³-hybridized carbons (Fsp3) is 0.519. The highest BCUT2D eigenvalue weighted by molar-refractivity contribution is 5.73. The summed E-state index contributed by atoms with van der Waals surface area (Å²) in [7, 11) is 1.70. The lowest BCUT2D eigenvalue weighted by atomic mass is 9.87. The number of methoxy groups -OCH3 is 1. The molecule has 0 spiro atoms. The van der Waals surface area contributed by atoms with Crippen LogP contribution in [0.4, 0.5) is 4.39 Å². The minimum absolute atomic E-state index is 0.185. The second-order valence-corrected chi connectivity index (χ2v) is 9.43. The van der Waals surface area contributed by atoms with Crippen molar-refractivity contribution >= 4 is 5.91 Å². The predicted molar refractivity (Wildman–Crippen MR) is 125 cm³/mol.